The molecular weight excluding hydrogens is 350 g/mol. The molecule has 1 aromatic rings. The highest BCUT2D eigenvalue weighted by atomic mass is 16.4. The van der Waals surface area contributed by atoms with Crippen LogP contribution in [-0.4, -0.2) is 52.1 Å². The van der Waals surface area contributed by atoms with Crippen LogP contribution in [0.5, 0.6) is 0 Å². The summed E-state index contributed by atoms with van der Waals surface area (Å²) in [4.78, 5) is 45.7. The molecule has 2 aliphatic rings. The van der Waals surface area contributed by atoms with Gasteiger partial charge in [0, 0.05) is 6.20 Å². The Balaban J connectivity index is 0.000000369. The number of nitrogens with zero attached hydrogens (tertiary/aromatic N) is 3. The van der Waals surface area contributed by atoms with Crippen molar-refractivity contribution in [1.82, 2.24) is 15.6 Å². The molecule has 1 unspecified atom stereocenters. The fourth-order valence-corrected chi connectivity index (χ4v) is 2.39. The Labute approximate surface area is 157 Å². The molecule has 2 amide bonds. The van der Waals surface area contributed by atoms with Crippen LogP contribution in [0.3, 0.4) is 0 Å². The SMILES string of the molecule is CCc1cnc(C2=NC(C)(C(C)C)C(=O)N2)c(C(=O)O)c1.O=C1CN=CN1. The van der Waals surface area contributed by atoms with Crippen molar-refractivity contribution in [1.29, 1.82) is 0 Å². The van der Waals surface area contributed by atoms with Crippen LogP contribution in [0.4, 0.5) is 0 Å². The molecule has 0 spiro atoms. The molecular formula is C18H23N5O4. The van der Waals surface area contributed by atoms with E-state index in [1.807, 2.05) is 20.8 Å². The van der Waals surface area contributed by atoms with Crippen molar-refractivity contribution in [2.75, 3.05) is 6.54 Å². The van der Waals surface area contributed by atoms with Crippen LogP contribution in [-0.2, 0) is 16.0 Å². The maximum absolute atomic E-state index is 12.1. The normalized spacial score (nSPS) is 20.7. The first-order valence-electron chi connectivity index (χ1n) is 8.60. The minimum atomic E-state index is -1.08. The summed E-state index contributed by atoms with van der Waals surface area (Å²) in [7, 11) is 0. The molecule has 0 bridgehead atoms. The first-order chi connectivity index (χ1) is 12.7. The lowest BCUT2D eigenvalue weighted by molar-refractivity contribution is -0.124. The van der Waals surface area contributed by atoms with Gasteiger partial charge < -0.3 is 15.7 Å². The summed E-state index contributed by atoms with van der Waals surface area (Å²) in [5.74, 6) is -1.10. The van der Waals surface area contributed by atoms with Gasteiger partial charge in [-0.1, -0.05) is 20.8 Å². The van der Waals surface area contributed by atoms with Crippen molar-refractivity contribution in [3.8, 4) is 0 Å². The number of nitrogens with one attached hydrogen (secondary N) is 2. The monoisotopic (exact) mass is 373 g/mol. The Morgan fingerprint density at radius 3 is 2.48 bits per heavy atom. The van der Waals surface area contributed by atoms with Crippen LogP contribution >= 0.6 is 0 Å². The number of carbonyl (C=O) groups is 3. The summed E-state index contributed by atoms with van der Waals surface area (Å²) in [6.45, 7) is 7.77. The molecule has 144 valence electrons. The number of aromatic carboxylic acids is 1. The second-order valence-electron chi connectivity index (χ2n) is 6.65. The first kappa shape index (κ1) is 20.2. The number of amides is 2. The highest BCUT2D eigenvalue weighted by molar-refractivity contribution is 6.17. The quantitative estimate of drug-likeness (QED) is 0.717. The molecule has 0 fully saturated rings. The fourth-order valence-electron chi connectivity index (χ4n) is 2.39. The van der Waals surface area contributed by atoms with Gasteiger partial charge in [-0.3, -0.25) is 19.6 Å². The zero-order valence-electron chi connectivity index (χ0n) is 15.7. The third kappa shape index (κ3) is 4.36. The number of aryl methyl sites for hydroxylation is 1. The largest absolute Gasteiger partial charge is 0.478 e. The van der Waals surface area contributed by atoms with Crippen molar-refractivity contribution < 1.29 is 19.5 Å². The maximum atomic E-state index is 12.1. The highest BCUT2D eigenvalue weighted by Crippen LogP contribution is 2.27. The molecule has 2 aliphatic heterocycles. The van der Waals surface area contributed by atoms with E-state index in [1.165, 1.54) is 6.34 Å². The second kappa shape index (κ2) is 8.07. The van der Waals surface area contributed by atoms with E-state index < -0.39 is 11.5 Å². The van der Waals surface area contributed by atoms with Crippen molar-refractivity contribution >= 4 is 30.0 Å². The molecule has 0 aliphatic carbocycles. The van der Waals surface area contributed by atoms with Gasteiger partial charge in [0.2, 0.25) is 5.91 Å². The van der Waals surface area contributed by atoms with E-state index in [0.29, 0.717) is 13.0 Å². The zero-order chi connectivity index (χ0) is 20.2. The maximum Gasteiger partial charge on any atom is 0.338 e. The lowest BCUT2D eigenvalue weighted by Crippen LogP contribution is -2.41. The van der Waals surface area contributed by atoms with E-state index in [0.717, 1.165) is 5.56 Å². The van der Waals surface area contributed by atoms with Gasteiger partial charge in [0.15, 0.2) is 5.84 Å². The molecule has 0 aromatic carbocycles. The molecule has 0 radical (unpaired) electrons. The number of aliphatic imine (C=N–C) groups is 2. The lowest BCUT2D eigenvalue weighted by Gasteiger charge is -2.21. The number of hydrogen-bond donors (Lipinski definition) is 3. The highest BCUT2D eigenvalue weighted by Gasteiger charge is 2.43. The molecule has 1 aromatic heterocycles. The van der Waals surface area contributed by atoms with E-state index in [-0.39, 0.29) is 34.8 Å². The minimum absolute atomic E-state index is 0.00167. The number of carbonyl (C=O) groups excluding carboxylic acids is 2. The van der Waals surface area contributed by atoms with Crippen molar-refractivity contribution in [2.45, 2.75) is 39.7 Å². The molecule has 0 saturated heterocycles. The third-order valence-electron chi connectivity index (χ3n) is 4.52. The van der Waals surface area contributed by atoms with Crippen molar-refractivity contribution in [3.63, 3.8) is 0 Å². The van der Waals surface area contributed by atoms with Gasteiger partial charge >= 0.3 is 5.97 Å². The predicted octanol–water partition coefficient (Wildman–Crippen LogP) is 0.778. The number of carboxylic acid groups (broad SMARTS) is 1. The summed E-state index contributed by atoms with van der Waals surface area (Å²) < 4.78 is 0. The Bertz CT molecular complexity index is 821. The minimum Gasteiger partial charge on any atom is -0.478 e. The van der Waals surface area contributed by atoms with Crippen LogP contribution in [0, 0.1) is 5.92 Å². The smallest absolute Gasteiger partial charge is 0.338 e. The second-order valence-corrected chi connectivity index (χ2v) is 6.65. The number of aromatic nitrogens is 1. The average Bonchev–Trinajstić information content (AvgIpc) is 3.22. The van der Waals surface area contributed by atoms with E-state index >= 15 is 0 Å². The standard InChI is InChI=1S/C15H19N3O3.C3H4N2O/c1-5-9-6-10(13(19)20)11(16-7-9)12-17-14(21)15(4,18-12)8(2)3;6-3-1-4-2-5-3/h6-8H,5H2,1-4H3,(H,19,20)(H,17,18,21);2H,1H2,(H,4,5,6). The van der Waals surface area contributed by atoms with E-state index in [2.05, 4.69) is 25.6 Å². The predicted molar refractivity (Wildman–Crippen MR) is 100.0 cm³/mol. The Morgan fingerprint density at radius 1 is 1.37 bits per heavy atom. The van der Waals surface area contributed by atoms with E-state index in [9.17, 15) is 19.5 Å². The number of pyridine rings is 1. The van der Waals surface area contributed by atoms with Crippen LogP contribution in [0.2, 0.25) is 0 Å². The fraction of sp³-hybridized carbons (Fsp3) is 0.444. The van der Waals surface area contributed by atoms with E-state index in [4.69, 9.17) is 0 Å². The third-order valence-corrected chi connectivity index (χ3v) is 4.52. The average molecular weight is 373 g/mol. The van der Waals surface area contributed by atoms with Gasteiger partial charge in [0.25, 0.3) is 5.91 Å². The van der Waals surface area contributed by atoms with Gasteiger partial charge in [-0.15, -0.1) is 0 Å². The topological polar surface area (TPSA) is 133 Å². The number of carboxylic acids is 1. The summed E-state index contributed by atoms with van der Waals surface area (Å²) in [6, 6.07) is 1.57. The molecule has 9 nitrogen and oxygen atoms in total. The Morgan fingerprint density at radius 2 is 2.07 bits per heavy atom. The molecule has 3 heterocycles. The van der Waals surface area contributed by atoms with Crippen LogP contribution in [0.15, 0.2) is 22.2 Å². The van der Waals surface area contributed by atoms with Gasteiger partial charge in [-0.2, -0.15) is 0 Å². The van der Waals surface area contributed by atoms with Gasteiger partial charge in [-0.05, 0) is 30.9 Å². The van der Waals surface area contributed by atoms with Gasteiger partial charge in [0.05, 0.1) is 11.9 Å². The summed E-state index contributed by atoms with van der Waals surface area (Å²) in [6.07, 6.45) is 3.71. The zero-order valence-corrected chi connectivity index (χ0v) is 15.7. The number of rotatable bonds is 4. The Kier molecular flexibility index (Phi) is 6.04. The lowest BCUT2D eigenvalue weighted by atomic mass is 9.89. The van der Waals surface area contributed by atoms with Crippen LogP contribution in [0.25, 0.3) is 0 Å². The summed E-state index contributed by atoms with van der Waals surface area (Å²) >= 11 is 0. The van der Waals surface area contributed by atoms with Crippen LogP contribution in [0.1, 0.15) is 49.3 Å². The van der Waals surface area contributed by atoms with Gasteiger partial charge in [0.1, 0.15) is 17.8 Å². The Hall–Kier alpha value is -3.10. The molecule has 3 rings (SSSR count). The van der Waals surface area contributed by atoms with Crippen molar-refractivity contribution in [2.24, 2.45) is 15.9 Å². The molecule has 3 N–H and O–H groups in total. The molecule has 27 heavy (non-hydrogen) atoms. The summed E-state index contributed by atoms with van der Waals surface area (Å²) in [5, 5.41) is 14.4. The molecule has 9 heteroatoms. The van der Waals surface area contributed by atoms with Crippen molar-refractivity contribution in [3.05, 3.63) is 29.1 Å². The number of amidine groups is 1. The van der Waals surface area contributed by atoms with E-state index in [1.54, 1.807) is 19.2 Å². The molecule has 0 saturated carbocycles. The van der Waals surface area contributed by atoms with Crippen LogP contribution < -0.4 is 10.6 Å². The number of hydrogen-bond acceptors (Lipinski definition) is 6. The molecule has 1 atom stereocenters. The first-order valence-corrected chi connectivity index (χ1v) is 8.60. The van der Waals surface area contributed by atoms with Gasteiger partial charge in [-0.25, -0.2) is 9.79 Å². The summed E-state index contributed by atoms with van der Waals surface area (Å²) in [5.41, 5.74) is 0.197.